The lowest BCUT2D eigenvalue weighted by molar-refractivity contribution is -0.00000603. The van der Waals surface area contributed by atoms with Crippen molar-refractivity contribution in [2.75, 3.05) is 33.1 Å². The summed E-state index contributed by atoms with van der Waals surface area (Å²) in [5.74, 6) is 0. The molecule has 0 aliphatic carbocycles. The van der Waals surface area contributed by atoms with Crippen LogP contribution in [0.4, 0.5) is 0 Å². The second-order valence-electron chi connectivity index (χ2n) is 6.50. The smallest absolute Gasteiger partial charge is 0.112 e. The van der Waals surface area contributed by atoms with E-state index in [1.165, 1.54) is 15.9 Å². The molecule has 28 heavy (non-hydrogen) atoms. The van der Waals surface area contributed by atoms with E-state index in [1.807, 2.05) is 0 Å². The van der Waals surface area contributed by atoms with E-state index in [-0.39, 0.29) is 17.0 Å². The molecular formula is C24H28BrO2P. The fraction of sp³-hybridized carbons (Fsp3) is 0.250. The van der Waals surface area contributed by atoms with Crippen LogP contribution in [0.25, 0.3) is 0 Å². The maximum atomic E-state index is 5.77. The Labute approximate surface area is 180 Å². The number of benzene rings is 3. The predicted octanol–water partition coefficient (Wildman–Crippen LogP) is 1.04. The number of rotatable bonds is 10. The van der Waals surface area contributed by atoms with Crippen molar-refractivity contribution in [2.45, 2.75) is 6.42 Å². The third-order valence-electron chi connectivity index (χ3n) is 4.80. The second-order valence-corrected chi connectivity index (χ2v) is 10.1. The lowest BCUT2D eigenvalue weighted by Crippen LogP contribution is -3.00. The minimum Gasteiger partial charge on any atom is -1.00 e. The highest BCUT2D eigenvalue weighted by molar-refractivity contribution is 7.95. The molecule has 0 fully saturated rings. The molecule has 0 atom stereocenters. The van der Waals surface area contributed by atoms with E-state index in [1.54, 1.807) is 7.11 Å². The summed E-state index contributed by atoms with van der Waals surface area (Å²) in [6.45, 7) is 2.07. The van der Waals surface area contributed by atoms with E-state index >= 15 is 0 Å². The van der Waals surface area contributed by atoms with Crippen LogP contribution < -0.4 is 32.9 Å². The van der Waals surface area contributed by atoms with Gasteiger partial charge in [-0.25, -0.2) is 0 Å². The van der Waals surface area contributed by atoms with Crippen molar-refractivity contribution in [3.8, 4) is 0 Å². The third-order valence-corrected chi connectivity index (χ3v) is 9.33. The van der Waals surface area contributed by atoms with Gasteiger partial charge in [-0.2, -0.15) is 0 Å². The monoisotopic (exact) mass is 458 g/mol. The largest absolute Gasteiger partial charge is 1.00 e. The lowest BCUT2D eigenvalue weighted by Gasteiger charge is -2.27. The normalized spacial score (nSPS) is 11.0. The quantitative estimate of drug-likeness (QED) is 0.333. The van der Waals surface area contributed by atoms with Crippen molar-refractivity contribution in [1.29, 1.82) is 0 Å². The third kappa shape index (κ3) is 5.52. The Morgan fingerprint density at radius 2 is 1.04 bits per heavy atom. The molecule has 148 valence electrons. The summed E-state index contributed by atoms with van der Waals surface area (Å²) in [5.41, 5.74) is 0. The Bertz CT molecular complexity index is 685. The van der Waals surface area contributed by atoms with Crippen LogP contribution in [-0.4, -0.2) is 33.1 Å². The van der Waals surface area contributed by atoms with Crippen LogP contribution in [0.5, 0.6) is 0 Å². The Balaban J connectivity index is 0.00000280. The first-order valence-corrected chi connectivity index (χ1v) is 11.5. The van der Waals surface area contributed by atoms with Crippen LogP contribution in [0.1, 0.15) is 6.42 Å². The van der Waals surface area contributed by atoms with Gasteiger partial charge in [-0.15, -0.1) is 0 Å². The number of methoxy groups -OCH3 is 1. The molecule has 0 aromatic heterocycles. The molecule has 0 radical (unpaired) electrons. The van der Waals surface area contributed by atoms with E-state index in [2.05, 4.69) is 91.0 Å². The minimum absolute atomic E-state index is 0. The number of hydrogen-bond acceptors (Lipinski definition) is 2. The van der Waals surface area contributed by atoms with E-state index < -0.39 is 7.26 Å². The Morgan fingerprint density at radius 1 is 0.607 bits per heavy atom. The summed E-state index contributed by atoms with van der Waals surface area (Å²) < 4.78 is 10.8. The van der Waals surface area contributed by atoms with Crippen molar-refractivity contribution in [3.05, 3.63) is 91.0 Å². The zero-order valence-corrected chi connectivity index (χ0v) is 18.8. The lowest BCUT2D eigenvalue weighted by atomic mass is 10.4. The Hall–Kier alpha value is -1.51. The van der Waals surface area contributed by atoms with E-state index in [9.17, 15) is 0 Å². The number of ether oxygens (including phenoxy) is 2. The molecule has 0 amide bonds. The molecule has 0 aliphatic heterocycles. The molecule has 0 heterocycles. The average Bonchev–Trinajstić information content (AvgIpc) is 2.75. The van der Waals surface area contributed by atoms with Gasteiger partial charge in [-0.3, -0.25) is 0 Å². The molecule has 0 bridgehead atoms. The van der Waals surface area contributed by atoms with E-state index in [0.717, 1.165) is 19.2 Å². The molecule has 3 aromatic rings. The summed E-state index contributed by atoms with van der Waals surface area (Å²) in [6.07, 6.45) is 2.12. The average molecular weight is 459 g/mol. The van der Waals surface area contributed by atoms with Crippen LogP contribution in [0, 0.1) is 0 Å². The van der Waals surface area contributed by atoms with Gasteiger partial charge in [0.25, 0.3) is 0 Å². The van der Waals surface area contributed by atoms with Crippen LogP contribution in [0.2, 0.25) is 0 Å². The number of halogens is 1. The number of hydrogen-bond donors (Lipinski definition) is 0. The van der Waals surface area contributed by atoms with Crippen LogP contribution >= 0.6 is 7.26 Å². The molecule has 0 N–H and O–H groups in total. The summed E-state index contributed by atoms with van der Waals surface area (Å²) in [7, 11) is -0.0116. The molecular weight excluding hydrogens is 431 g/mol. The Kier molecular flexibility index (Phi) is 9.87. The van der Waals surface area contributed by atoms with Gasteiger partial charge in [-0.05, 0) is 36.4 Å². The molecule has 2 nitrogen and oxygen atoms in total. The van der Waals surface area contributed by atoms with Gasteiger partial charge < -0.3 is 26.5 Å². The zero-order chi connectivity index (χ0) is 18.8. The molecule has 3 aromatic carbocycles. The second kappa shape index (κ2) is 12.1. The van der Waals surface area contributed by atoms with Gasteiger partial charge in [0.15, 0.2) is 0 Å². The molecule has 4 heteroatoms. The van der Waals surface area contributed by atoms with E-state index in [0.29, 0.717) is 13.2 Å². The highest BCUT2D eigenvalue weighted by Gasteiger charge is 2.44. The van der Waals surface area contributed by atoms with Gasteiger partial charge >= 0.3 is 0 Å². The standard InChI is InChI=1S/C24H28O2P.BrH/c1-25-19-20-26-18-11-21-27(22-12-5-2-6-13-22,23-14-7-3-8-15-23)24-16-9-4-10-17-24;/h2-10,12-17H,11,18-21H2,1H3;1H/q+1;/p-1. The van der Waals surface area contributed by atoms with Crippen molar-refractivity contribution < 1.29 is 26.5 Å². The van der Waals surface area contributed by atoms with Crippen molar-refractivity contribution >= 4 is 23.2 Å². The van der Waals surface area contributed by atoms with Crippen LogP contribution in [-0.2, 0) is 9.47 Å². The van der Waals surface area contributed by atoms with Gasteiger partial charge in [0.1, 0.15) is 23.2 Å². The molecule has 0 spiro atoms. The molecule has 0 unspecified atom stereocenters. The first kappa shape index (κ1) is 22.8. The first-order valence-electron chi connectivity index (χ1n) is 9.49. The fourth-order valence-electron chi connectivity index (χ4n) is 3.53. The maximum Gasteiger partial charge on any atom is 0.112 e. The van der Waals surface area contributed by atoms with Crippen molar-refractivity contribution in [2.24, 2.45) is 0 Å². The minimum atomic E-state index is -1.72. The SMILES string of the molecule is COCCOCCC[P+](c1ccccc1)(c1ccccc1)c1ccccc1.[Br-]. The van der Waals surface area contributed by atoms with E-state index in [4.69, 9.17) is 9.47 Å². The van der Waals surface area contributed by atoms with Crippen LogP contribution in [0.3, 0.4) is 0 Å². The molecule has 0 saturated carbocycles. The maximum absolute atomic E-state index is 5.77. The zero-order valence-electron chi connectivity index (χ0n) is 16.3. The van der Waals surface area contributed by atoms with Crippen LogP contribution in [0.15, 0.2) is 91.0 Å². The summed E-state index contributed by atoms with van der Waals surface area (Å²) in [6, 6.07) is 33.0. The van der Waals surface area contributed by atoms with Gasteiger partial charge in [0, 0.05) is 13.5 Å². The highest BCUT2D eigenvalue weighted by atomic mass is 79.9. The fourth-order valence-corrected chi connectivity index (χ4v) is 7.85. The molecule has 0 aliphatic rings. The van der Waals surface area contributed by atoms with Crippen molar-refractivity contribution in [1.82, 2.24) is 0 Å². The van der Waals surface area contributed by atoms with Gasteiger partial charge in [-0.1, -0.05) is 54.6 Å². The first-order chi connectivity index (χ1) is 13.4. The highest BCUT2D eigenvalue weighted by Crippen LogP contribution is 2.55. The van der Waals surface area contributed by atoms with Gasteiger partial charge in [0.2, 0.25) is 0 Å². The van der Waals surface area contributed by atoms with Crippen molar-refractivity contribution in [3.63, 3.8) is 0 Å². The predicted molar refractivity (Wildman–Crippen MR) is 117 cm³/mol. The van der Waals surface area contributed by atoms with Gasteiger partial charge in [0.05, 0.1) is 26.0 Å². The Morgan fingerprint density at radius 3 is 1.43 bits per heavy atom. The molecule has 3 rings (SSSR count). The summed E-state index contributed by atoms with van der Waals surface area (Å²) >= 11 is 0. The summed E-state index contributed by atoms with van der Waals surface area (Å²) in [4.78, 5) is 0. The topological polar surface area (TPSA) is 18.5 Å². The molecule has 0 saturated heterocycles. The summed E-state index contributed by atoms with van der Waals surface area (Å²) in [5, 5.41) is 4.29.